The summed E-state index contributed by atoms with van der Waals surface area (Å²) in [4.78, 5) is 36.6. The van der Waals surface area contributed by atoms with Crippen molar-refractivity contribution in [1.82, 2.24) is 19.5 Å². The number of esters is 2. The molecule has 2 N–H and O–H groups in total. The molecule has 0 saturated carbocycles. The number of benzene rings is 1. The van der Waals surface area contributed by atoms with Crippen LogP contribution in [0.5, 0.6) is 5.75 Å². The second kappa shape index (κ2) is 13.4. The summed E-state index contributed by atoms with van der Waals surface area (Å²) < 4.78 is 42.2. The third kappa shape index (κ3) is 9.51. The van der Waals surface area contributed by atoms with Crippen LogP contribution >= 0.6 is 7.60 Å². The molecular weight excluding hydrogens is 553 g/mol. The molecule has 0 amide bonds. The summed E-state index contributed by atoms with van der Waals surface area (Å²) in [6.07, 6.45) is 3.61. The molecule has 0 aliphatic heterocycles. The van der Waals surface area contributed by atoms with Crippen molar-refractivity contribution in [1.29, 1.82) is 0 Å². The lowest BCUT2D eigenvalue weighted by Gasteiger charge is -2.22. The van der Waals surface area contributed by atoms with Gasteiger partial charge in [-0.25, -0.2) is 15.0 Å². The van der Waals surface area contributed by atoms with Crippen LogP contribution in [-0.4, -0.2) is 51.7 Å². The highest BCUT2D eigenvalue weighted by atomic mass is 31.2. The molecule has 0 unspecified atom stereocenters. The van der Waals surface area contributed by atoms with E-state index >= 15 is 0 Å². The van der Waals surface area contributed by atoms with E-state index in [1.807, 2.05) is 4.57 Å². The van der Waals surface area contributed by atoms with Crippen LogP contribution in [0.25, 0.3) is 11.2 Å². The molecule has 0 aliphatic rings. The lowest BCUT2D eigenvalue weighted by Crippen LogP contribution is -2.24. The van der Waals surface area contributed by atoms with Gasteiger partial charge in [0.25, 0.3) is 0 Å². The topological polar surface area (TPSA) is 167 Å². The van der Waals surface area contributed by atoms with Crippen molar-refractivity contribution in [3.05, 3.63) is 42.5 Å². The Morgan fingerprint density at radius 2 is 1.49 bits per heavy atom. The number of hydrogen-bond acceptors (Lipinski definition) is 12. The van der Waals surface area contributed by atoms with E-state index in [1.165, 1.54) is 6.33 Å². The molecule has 0 aliphatic carbocycles. The Morgan fingerprint density at radius 1 is 0.902 bits per heavy atom. The average molecular weight is 592 g/mol. The Morgan fingerprint density at radius 3 is 2.05 bits per heavy atom. The zero-order valence-corrected chi connectivity index (χ0v) is 25.2. The van der Waals surface area contributed by atoms with Gasteiger partial charge < -0.3 is 24.5 Å². The van der Waals surface area contributed by atoms with Gasteiger partial charge in [0.15, 0.2) is 11.5 Å². The molecule has 14 heteroatoms. The number of carbonyl (C=O) groups excluding carboxylic acids is 2. The van der Waals surface area contributed by atoms with Gasteiger partial charge >= 0.3 is 19.5 Å². The molecule has 0 fully saturated rings. The summed E-state index contributed by atoms with van der Waals surface area (Å²) >= 11 is 0. The number of hydrogen-bond donors (Lipinski definition) is 1. The number of carbonyl (C=O) groups is 2. The number of aryl methyl sites for hydroxylation is 1. The molecular formula is C27H38N5O8P. The maximum atomic E-state index is 13.5. The van der Waals surface area contributed by atoms with Crippen LogP contribution in [0.15, 0.2) is 36.9 Å². The van der Waals surface area contributed by atoms with Crippen molar-refractivity contribution in [2.75, 3.05) is 25.9 Å². The third-order valence-electron chi connectivity index (χ3n) is 5.64. The van der Waals surface area contributed by atoms with Gasteiger partial charge in [0.2, 0.25) is 13.6 Å². The van der Waals surface area contributed by atoms with E-state index in [4.69, 9.17) is 29.0 Å². The average Bonchev–Trinajstić information content (AvgIpc) is 3.30. The molecule has 2 heterocycles. The highest BCUT2D eigenvalue weighted by molar-refractivity contribution is 7.53. The predicted octanol–water partition coefficient (Wildman–Crippen LogP) is 4.70. The monoisotopic (exact) mass is 591 g/mol. The number of nitrogens with zero attached hydrogens (tertiary/aromatic N) is 4. The van der Waals surface area contributed by atoms with Crippen LogP contribution in [0.1, 0.15) is 53.5 Å². The maximum absolute atomic E-state index is 13.5. The Hall–Kier alpha value is -3.54. The fraction of sp³-hybridized carbons (Fsp3) is 0.519. The predicted molar refractivity (Wildman–Crippen MR) is 151 cm³/mol. The SMILES string of the molecule is CC(C)(C)C(=O)OCOP(=O)(Cc1ccc(OCCCn2cnc3c(N)ncnc32)cc1)OCOC(=O)C(C)(C)C. The van der Waals surface area contributed by atoms with Gasteiger partial charge in [-0.1, -0.05) is 12.1 Å². The minimum Gasteiger partial charge on any atom is -0.494 e. The molecule has 0 saturated heterocycles. The van der Waals surface area contributed by atoms with Crippen LogP contribution in [0.4, 0.5) is 5.82 Å². The van der Waals surface area contributed by atoms with Gasteiger partial charge in [-0.05, 0) is 65.7 Å². The third-order valence-corrected chi connectivity index (χ3v) is 7.39. The largest absolute Gasteiger partial charge is 0.494 e. The second-order valence-corrected chi connectivity index (χ2v) is 13.4. The van der Waals surface area contributed by atoms with Gasteiger partial charge in [0.05, 0.1) is 29.9 Å². The summed E-state index contributed by atoms with van der Waals surface area (Å²) in [5.41, 5.74) is 6.15. The van der Waals surface area contributed by atoms with Crippen LogP contribution in [0.2, 0.25) is 0 Å². The maximum Gasteiger partial charge on any atom is 0.340 e. The Kier molecular flexibility index (Phi) is 10.5. The number of nitrogen functional groups attached to an aromatic ring is 1. The number of nitrogens with two attached hydrogens (primary N) is 1. The van der Waals surface area contributed by atoms with Crippen molar-refractivity contribution >= 4 is 36.5 Å². The van der Waals surface area contributed by atoms with Crippen LogP contribution < -0.4 is 10.5 Å². The van der Waals surface area contributed by atoms with Gasteiger partial charge in [-0.15, -0.1) is 0 Å². The first kappa shape index (κ1) is 32.0. The van der Waals surface area contributed by atoms with Crippen molar-refractivity contribution in [2.24, 2.45) is 10.8 Å². The number of rotatable bonds is 13. The van der Waals surface area contributed by atoms with Crippen molar-refractivity contribution in [3.8, 4) is 5.75 Å². The van der Waals surface area contributed by atoms with E-state index in [1.54, 1.807) is 72.1 Å². The van der Waals surface area contributed by atoms with Gasteiger partial charge in [0.1, 0.15) is 17.6 Å². The fourth-order valence-corrected chi connectivity index (χ4v) is 4.63. The minimum absolute atomic E-state index is 0.147. The summed E-state index contributed by atoms with van der Waals surface area (Å²) in [6, 6.07) is 6.92. The van der Waals surface area contributed by atoms with E-state index in [-0.39, 0.29) is 6.16 Å². The fourth-order valence-electron chi connectivity index (χ4n) is 3.28. The molecule has 0 bridgehead atoms. The first-order valence-electron chi connectivity index (χ1n) is 13.0. The molecule has 3 rings (SSSR count). The number of ether oxygens (including phenoxy) is 3. The summed E-state index contributed by atoms with van der Waals surface area (Å²) in [5, 5.41) is 0. The van der Waals surface area contributed by atoms with Gasteiger partial charge in [-0.3, -0.25) is 23.2 Å². The van der Waals surface area contributed by atoms with E-state index in [9.17, 15) is 14.2 Å². The van der Waals surface area contributed by atoms with Crippen molar-refractivity contribution in [3.63, 3.8) is 0 Å². The van der Waals surface area contributed by atoms with E-state index in [0.29, 0.717) is 47.9 Å². The smallest absolute Gasteiger partial charge is 0.340 e. The standard InChI is InChI=1S/C27H38N5O8P/c1-26(2,3)24(33)37-17-39-41(35,40-18-38-25(34)27(4,5)6)14-19-8-10-20(11-9-19)36-13-7-12-32-16-31-21-22(28)29-15-30-23(21)32/h8-11,15-16H,7,12-14,17-18H2,1-6H3,(H2,28,29,30). The van der Waals surface area contributed by atoms with Crippen LogP contribution in [0.3, 0.4) is 0 Å². The molecule has 2 aromatic heterocycles. The minimum atomic E-state index is -3.87. The van der Waals surface area contributed by atoms with Crippen LogP contribution in [-0.2, 0) is 45.4 Å². The molecule has 1 aromatic carbocycles. The number of imidazole rings is 1. The van der Waals surface area contributed by atoms with Crippen LogP contribution in [0, 0.1) is 10.8 Å². The number of anilines is 1. The molecule has 224 valence electrons. The second-order valence-electron chi connectivity index (χ2n) is 11.3. The number of fused-ring (bicyclic) bond motifs is 1. The van der Waals surface area contributed by atoms with Crippen molar-refractivity contribution < 1.29 is 37.4 Å². The van der Waals surface area contributed by atoms with E-state index in [2.05, 4.69) is 15.0 Å². The molecule has 3 aromatic rings. The molecule has 13 nitrogen and oxygen atoms in total. The lowest BCUT2D eigenvalue weighted by atomic mass is 9.98. The van der Waals surface area contributed by atoms with E-state index in [0.717, 1.165) is 0 Å². The number of aromatic nitrogens is 4. The van der Waals surface area contributed by atoms with Gasteiger partial charge in [0, 0.05) is 6.54 Å². The first-order chi connectivity index (χ1) is 19.2. The Balaban J connectivity index is 1.55. The normalized spacial score (nSPS) is 12.3. The zero-order chi connectivity index (χ0) is 30.3. The lowest BCUT2D eigenvalue weighted by molar-refractivity contribution is -0.162. The molecule has 0 spiro atoms. The summed E-state index contributed by atoms with van der Waals surface area (Å²) in [7, 11) is -3.87. The summed E-state index contributed by atoms with van der Waals surface area (Å²) in [5.74, 6) is -0.0975. The quantitative estimate of drug-likeness (QED) is 0.126. The molecule has 0 radical (unpaired) electrons. The Bertz CT molecular complexity index is 1340. The molecule has 41 heavy (non-hydrogen) atoms. The van der Waals surface area contributed by atoms with E-state index < -0.39 is 44.0 Å². The molecule has 0 atom stereocenters. The van der Waals surface area contributed by atoms with Gasteiger partial charge in [-0.2, -0.15) is 0 Å². The highest BCUT2D eigenvalue weighted by Crippen LogP contribution is 2.51. The first-order valence-corrected chi connectivity index (χ1v) is 14.8. The zero-order valence-electron chi connectivity index (χ0n) is 24.3. The summed E-state index contributed by atoms with van der Waals surface area (Å²) in [6.45, 7) is 10.0. The Labute approximate surface area is 239 Å². The van der Waals surface area contributed by atoms with Crippen molar-refractivity contribution in [2.45, 2.75) is 60.7 Å². The highest BCUT2D eigenvalue weighted by Gasteiger charge is 2.30.